The van der Waals surface area contributed by atoms with E-state index in [2.05, 4.69) is 0 Å². The molecule has 8 heteroatoms. The Balaban J connectivity index is 1.56. The summed E-state index contributed by atoms with van der Waals surface area (Å²) in [6.07, 6.45) is 1.94. The summed E-state index contributed by atoms with van der Waals surface area (Å²) in [5, 5.41) is 12.0. The van der Waals surface area contributed by atoms with Crippen molar-refractivity contribution in [1.29, 1.82) is 0 Å². The Morgan fingerprint density at radius 3 is 2.51 bits per heavy atom. The largest absolute Gasteiger partial charge is 0.378 e. The van der Waals surface area contributed by atoms with Gasteiger partial charge in [-0.25, -0.2) is 0 Å². The third kappa shape index (κ3) is 3.89. The van der Waals surface area contributed by atoms with Gasteiger partial charge in [-0.3, -0.25) is 14.9 Å². The molecule has 8 nitrogen and oxygen atoms in total. The molecular formula is C27H28N4O4. The van der Waals surface area contributed by atoms with Crippen molar-refractivity contribution in [2.75, 3.05) is 42.6 Å². The van der Waals surface area contributed by atoms with Crippen molar-refractivity contribution in [3.63, 3.8) is 0 Å². The fraction of sp³-hybridized carbons (Fsp3) is 0.296. The standard InChI is InChI=1S/C27H28N4O4/c1-4-29-24-8-6-5-7-22(24)23(27(29)32)16-20-15-18(2)30(19(20)3)21-9-10-25(26(17-21)31(33)34)28-11-13-35-14-12-28/h5-10,15-17H,4,11-14H2,1-3H3/b23-16+. The molecule has 1 amide bonds. The highest BCUT2D eigenvalue weighted by Crippen LogP contribution is 2.38. The van der Waals surface area contributed by atoms with E-state index in [9.17, 15) is 14.9 Å². The highest BCUT2D eigenvalue weighted by Gasteiger charge is 2.31. The van der Waals surface area contributed by atoms with Gasteiger partial charge in [0.2, 0.25) is 0 Å². The van der Waals surface area contributed by atoms with Crippen LogP contribution in [0.25, 0.3) is 17.3 Å². The van der Waals surface area contributed by atoms with Crippen molar-refractivity contribution >= 4 is 34.6 Å². The zero-order valence-electron chi connectivity index (χ0n) is 20.2. The first kappa shape index (κ1) is 22.9. The number of anilines is 2. The first-order valence-electron chi connectivity index (χ1n) is 11.8. The number of nitrogens with zero attached hydrogens (tertiary/aromatic N) is 4. The fourth-order valence-corrected chi connectivity index (χ4v) is 5.12. The van der Waals surface area contributed by atoms with Gasteiger partial charge in [0.15, 0.2) is 0 Å². The molecule has 3 aromatic rings. The number of amides is 1. The van der Waals surface area contributed by atoms with Crippen molar-refractivity contribution in [2.24, 2.45) is 0 Å². The molecule has 0 saturated carbocycles. The topological polar surface area (TPSA) is 80.9 Å². The molecule has 1 fully saturated rings. The first-order chi connectivity index (χ1) is 16.9. The van der Waals surface area contributed by atoms with Crippen LogP contribution in [0.15, 0.2) is 48.5 Å². The van der Waals surface area contributed by atoms with Crippen LogP contribution in [0, 0.1) is 24.0 Å². The maximum absolute atomic E-state index is 13.1. The summed E-state index contributed by atoms with van der Waals surface area (Å²) in [6, 6.07) is 15.2. The van der Waals surface area contributed by atoms with Crippen molar-refractivity contribution in [2.45, 2.75) is 20.8 Å². The van der Waals surface area contributed by atoms with Gasteiger partial charge in [-0.05, 0) is 56.7 Å². The molecule has 35 heavy (non-hydrogen) atoms. The molecule has 2 aromatic carbocycles. The SMILES string of the molecule is CCN1C(=O)/C(=C/c2cc(C)n(-c3ccc(N4CCOCC4)c([N+](=O)[O-])c3)c2C)c2ccccc21. The smallest absolute Gasteiger partial charge is 0.294 e. The first-order valence-corrected chi connectivity index (χ1v) is 11.8. The number of carbonyl (C=O) groups excluding carboxylic acids is 1. The number of ether oxygens (including phenoxy) is 1. The number of nitro benzene ring substituents is 1. The van der Waals surface area contributed by atoms with Gasteiger partial charge >= 0.3 is 0 Å². The van der Waals surface area contributed by atoms with Crippen LogP contribution >= 0.6 is 0 Å². The normalized spacial score (nSPS) is 16.8. The fourth-order valence-electron chi connectivity index (χ4n) is 5.12. The highest BCUT2D eigenvalue weighted by molar-refractivity contribution is 6.35. The number of aromatic nitrogens is 1. The third-order valence-corrected chi connectivity index (χ3v) is 6.81. The molecule has 1 aromatic heterocycles. The summed E-state index contributed by atoms with van der Waals surface area (Å²) >= 11 is 0. The number of benzene rings is 2. The number of hydrogen-bond donors (Lipinski definition) is 0. The Labute approximate surface area is 204 Å². The number of fused-ring (bicyclic) bond motifs is 1. The van der Waals surface area contributed by atoms with E-state index in [1.54, 1.807) is 11.0 Å². The lowest BCUT2D eigenvalue weighted by Crippen LogP contribution is -2.36. The molecule has 2 aliphatic rings. The molecule has 0 spiro atoms. The Bertz CT molecular complexity index is 1350. The third-order valence-electron chi connectivity index (χ3n) is 6.81. The van der Waals surface area contributed by atoms with Gasteiger partial charge in [-0.1, -0.05) is 18.2 Å². The molecule has 0 atom stereocenters. The van der Waals surface area contributed by atoms with Gasteiger partial charge in [0.25, 0.3) is 11.6 Å². The van der Waals surface area contributed by atoms with Gasteiger partial charge in [0.1, 0.15) is 5.69 Å². The van der Waals surface area contributed by atoms with Crippen LogP contribution in [0.4, 0.5) is 17.1 Å². The Kier molecular flexibility index (Phi) is 5.90. The molecule has 1 saturated heterocycles. The lowest BCUT2D eigenvalue weighted by atomic mass is 10.0. The van der Waals surface area contributed by atoms with Crippen molar-refractivity contribution in [3.05, 3.63) is 81.2 Å². The molecule has 5 rings (SSSR count). The molecule has 0 bridgehead atoms. The van der Waals surface area contributed by atoms with Crippen LogP contribution in [-0.4, -0.2) is 48.2 Å². The van der Waals surface area contributed by atoms with Gasteiger partial charge in [-0.15, -0.1) is 0 Å². The molecule has 0 radical (unpaired) electrons. The Morgan fingerprint density at radius 1 is 1.06 bits per heavy atom. The van der Waals surface area contributed by atoms with Crippen LogP contribution in [0.5, 0.6) is 0 Å². The molecule has 0 aliphatic carbocycles. The number of para-hydroxylation sites is 1. The number of rotatable bonds is 5. The summed E-state index contributed by atoms with van der Waals surface area (Å²) in [4.78, 5) is 28.6. The number of carbonyl (C=O) groups is 1. The minimum absolute atomic E-state index is 0.0102. The number of aryl methyl sites for hydroxylation is 1. The number of nitro groups is 1. The lowest BCUT2D eigenvalue weighted by molar-refractivity contribution is -0.384. The number of hydrogen-bond acceptors (Lipinski definition) is 5. The van der Waals surface area contributed by atoms with E-state index < -0.39 is 0 Å². The Morgan fingerprint density at radius 2 is 1.80 bits per heavy atom. The molecule has 0 N–H and O–H groups in total. The van der Waals surface area contributed by atoms with E-state index in [0.29, 0.717) is 44.1 Å². The summed E-state index contributed by atoms with van der Waals surface area (Å²) in [6.45, 7) is 8.90. The van der Waals surface area contributed by atoms with Gasteiger partial charge in [0, 0.05) is 48.2 Å². The quantitative estimate of drug-likeness (QED) is 0.304. The van der Waals surface area contributed by atoms with Crippen LogP contribution in [0.1, 0.15) is 29.4 Å². The summed E-state index contributed by atoms with van der Waals surface area (Å²) in [5.74, 6) is -0.0102. The van der Waals surface area contributed by atoms with E-state index in [-0.39, 0.29) is 16.5 Å². The molecule has 2 aliphatic heterocycles. The maximum atomic E-state index is 13.1. The van der Waals surface area contributed by atoms with E-state index in [1.807, 2.05) is 78.8 Å². The zero-order valence-corrected chi connectivity index (χ0v) is 20.2. The molecule has 0 unspecified atom stereocenters. The lowest BCUT2D eigenvalue weighted by Gasteiger charge is -2.28. The van der Waals surface area contributed by atoms with E-state index in [0.717, 1.165) is 33.9 Å². The van der Waals surface area contributed by atoms with Crippen molar-refractivity contribution < 1.29 is 14.5 Å². The number of likely N-dealkylation sites (N-methyl/N-ethyl adjacent to an activating group) is 1. The van der Waals surface area contributed by atoms with Crippen LogP contribution < -0.4 is 9.80 Å². The van der Waals surface area contributed by atoms with Gasteiger partial charge in [0.05, 0.1) is 29.5 Å². The second-order valence-corrected chi connectivity index (χ2v) is 8.82. The minimum Gasteiger partial charge on any atom is -0.378 e. The predicted molar refractivity (Wildman–Crippen MR) is 137 cm³/mol. The number of morpholine rings is 1. The maximum Gasteiger partial charge on any atom is 0.294 e. The van der Waals surface area contributed by atoms with Crippen LogP contribution in [0.2, 0.25) is 0 Å². The summed E-state index contributed by atoms with van der Waals surface area (Å²) in [5.41, 5.74) is 6.70. The van der Waals surface area contributed by atoms with Crippen LogP contribution in [0.3, 0.4) is 0 Å². The Hall–Kier alpha value is -3.91. The van der Waals surface area contributed by atoms with E-state index >= 15 is 0 Å². The monoisotopic (exact) mass is 472 g/mol. The predicted octanol–water partition coefficient (Wildman–Crippen LogP) is 4.75. The second kappa shape index (κ2) is 9.03. The second-order valence-electron chi connectivity index (χ2n) is 8.82. The summed E-state index contributed by atoms with van der Waals surface area (Å²) < 4.78 is 7.40. The van der Waals surface area contributed by atoms with Crippen LogP contribution in [-0.2, 0) is 9.53 Å². The van der Waals surface area contributed by atoms with Gasteiger partial charge < -0.3 is 19.1 Å². The highest BCUT2D eigenvalue weighted by atomic mass is 16.6. The molecular weight excluding hydrogens is 444 g/mol. The zero-order chi connectivity index (χ0) is 24.7. The molecule has 180 valence electrons. The summed E-state index contributed by atoms with van der Waals surface area (Å²) in [7, 11) is 0. The van der Waals surface area contributed by atoms with E-state index in [4.69, 9.17) is 4.74 Å². The van der Waals surface area contributed by atoms with Crippen molar-refractivity contribution in [1.82, 2.24) is 4.57 Å². The minimum atomic E-state index is -0.321. The van der Waals surface area contributed by atoms with Crippen molar-refractivity contribution in [3.8, 4) is 5.69 Å². The average molecular weight is 473 g/mol. The molecule has 3 heterocycles. The van der Waals surface area contributed by atoms with Gasteiger partial charge in [-0.2, -0.15) is 0 Å². The van der Waals surface area contributed by atoms with E-state index in [1.165, 1.54) is 0 Å². The average Bonchev–Trinajstić information content (AvgIpc) is 3.30.